The van der Waals surface area contributed by atoms with E-state index in [1.165, 1.54) is 9.80 Å². The summed E-state index contributed by atoms with van der Waals surface area (Å²) in [6.07, 6.45) is 3.42. The van der Waals surface area contributed by atoms with Gasteiger partial charge in [-0.05, 0) is 56.2 Å². The molecule has 1 fully saturated rings. The number of carbonyl (C=O) groups excluding carboxylic acids is 5. The highest BCUT2D eigenvalue weighted by Gasteiger charge is 2.39. The monoisotopic (exact) mass is 738 g/mol. The van der Waals surface area contributed by atoms with E-state index < -0.39 is 48.2 Å². The van der Waals surface area contributed by atoms with Crippen LogP contribution in [0.5, 0.6) is 0 Å². The highest BCUT2D eigenvalue weighted by molar-refractivity contribution is 6.27. The number of carbonyl (C=O) groups is 5. The zero-order valence-corrected chi connectivity index (χ0v) is 30.6. The number of hydrogen-bond donors (Lipinski definition) is 5. The van der Waals surface area contributed by atoms with Crippen molar-refractivity contribution in [3.05, 3.63) is 71.9 Å². The van der Waals surface area contributed by atoms with E-state index in [1.807, 2.05) is 60.8 Å². The summed E-state index contributed by atoms with van der Waals surface area (Å²) in [4.78, 5) is 72.8. The lowest BCUT2D eigenvalue weighted by Crippen LogP contribution is -2.59. The molecule has 14 heteroatoms. The van der Waals surface area contributed by atoms with Crippen LogP contribution < -0.4 is 16.4 Å². The zero-order chi connectivity index (χ0) is 37.6. The smallest absolute Gasteiger partial charge is 0.312 e. The SMILES string of the molecule is CCO[C@H](O)[C@H](CCCNC(N)=O)CC(=O)[C@H](Cc1c[nH]c2ccccc12)NC(=O)[C@@H]1CCCCN1C(=O)[C@@H](Cc1ccccc1)N(C)C(=O)CCl. The van der Waals surface area contributed by atoms with Crippen molar-refractivity contribution in [2.24, 2.45) is 11.7 Å². The van der Waals surface area contributed by atoms with Crippen LogP contribution in [0.25, 0.3) is 10.9 Å². The van der Waals surface area contributed by atoms with E-state index in [0.29, 0.717) is 38.6 Å². The first-order valence-electron chi connectivity index (χ1n) is 17.9. The van der Waals surface area contributed by atoms with Crippen molar-refractivity contribution in [2.45, 2.75) is 82.7 Å². The zero-order valence-electron chi connectivity index (χ0n) is 29.9. The Bertz CT molecular complexity index is 1650. The predicted molar refractivity (Wildman–Crippen MR) is 198 cm³/mol. The number of urea groups is 1. The van der Waals surface area contributed by atoms with Crippen molar-refractivity contribution < 1.29 is 33.8 Å². The molecule has 0 spiro atoms. The molecule has 1 aliphatic rings. The molecule has 1 aliphatic heterocycles. The topological polar surface area (TPSA) is 187 Å². The summed E-state index contributed by atoms with van der Waals surface area (Å²) in [5.74, 6) is -2.47. The first-order valence-corrected chi connectivity index (χ1v) is 18.4. The van der Waals surface area contributed by atoms with Crippen molar-refractivity contribution in [1.82, 2.24) is 25.4 Å². The molecule has 2 aromatic carbocycles. The van der Waals surface area contributed by atoms with Gasteiger partial charge in [-0.15, -0.1) is 11.6 Å². The van der Waals surface area contributed by atoms with E-state index >= 15 is 0 Å². The molecule has 0 saturated carbocycles. The fourth-order valence-corrected chi connectivity index (χ4v) is 7.01. The van der Waals surface area contributed by atoms with Crippen molar-refractivity contribution >= 4 is 52.0 Å². The van der Waals surface area contributed by atoms with E-state index in [1.54, 1.807) is 14.0 Å². The second-order valence-corrected chi connectivity index (χ2v) is 13.5. The van der Waals surface area contributed by atoms with Crippen molar-refractivity contribution in [1.29, 1.82) is 0 Å². The van der Waals surface area contributed by atoms with Crippen LogP contribution in [0.4, 0.5) is 4.79 Å². The maximum Gasteiger partial charge on any atom is 0.312 e. The Labute approximate surface area is 309 Å². The molecule has 52 heavy (non-hydrogen) atoms. The number of ether oxygens (including phenoxy) is 1. The van der Waals surface area contributed by atoms with Gasteiger partial charge in [0.25, 0.3) is 0 Å². The summed E-state index contributed by atoms with van der Waals surface area (Å²) in [7, 11) is 1.54. The number of hydrogen-bond acceptors (Lipinski definition) is 7. The van der Waals surface area contributed by atoms with Crippen LogP contribution in [0.2, 0.25) is 0 Å². The van der Waals surface area contributed by atoms with Gasteiger partial charge in [-0.1, -0.05) is 48.5 Å². The average Bonchev–Trinajstić information content (AvgIpc) is 3.56. The second-order valence-electron chi connectivity index (χ2n) is 13.2. The lowest BCUT2D eigenvalue weighted by Gasteiger charge is -2.39. The predicted octanol–water partition coefficient (Wildman–Crippen LogP) is 3.26. The molecule has 6 N–H and O–H groups in total. The number of halogens is 1. The van der Waals surface area contributed by atoms with E-state index in [2.05, 4.69) is 15.6 Å². The number of benzene rings is 2. The summed E-state index contributed by atoms with van der Waals surface area (Å²) >= 11 is 5.91. The number of rotatable bonds is 19. The van der Waals surface area contributed by atoms with Crippen LogP contribution in [0, 0.1) is 5.92 Å². The number of nitrogens with one attached hydrogen (secondary N) is 3. The third-order valence-corrected chi connectivity index (χ3v) is 9.91. The number of ketones is 1. The fraction of sp³-hybridized carbons (Fsp3) is 0.500. The van der Waals surface area contributed by atoms with Gasteiger partial charge in [-0.3, -0.25) is 19.2 Å². The van der Waals surface area contributed by atoms with Gasteiger partial charge in [0.05, 0.1) is 6.04 Å². The number of fused-ring (bicyclic) bond motifs is 1. The summed E-state index contributed by atoms with van der Waals surface area (Å²) in [5, 5.41) is 17.2. The lowest BCUT2D eigenvalue weighted by atomic mass is 9.90. The molecule has 3 aromatic rings. The molecular formula is C38H51ClN6O7. The van der Waals surface area contributed by atoms with Gasteiger partial charge in [0, 0.05) is 69.0 Å². The number of aromatic amines is 1. The summed E-state index contributed by atoms with van der Waals surface area (Å²) in [6.45, 7) is 2.54. The molecule has 5 atom stereocenters. The standard InChI is InChI=1S/C38H51ClN6O7/c1-3-52-37(50)26(14-11-18-41-38(40)51)22-33(46)30(21-27-24-42-29-16-8-7-15-28(27)29)43-35(48)31-17-9-10-19-45(31)36(49)32(44(2)34(47)23-39)20-25-12-5-4-6-13-25/h4-8,12-13,15-16,24,26,30-32,37,42,50H,3,9-11,14,17-23H2,1-2H3,(H,43,48)(H3,40,41,51)/t26-,30+,31+,32-,37+/m1/s1. The Balaban J connectivity index is 1.60. The maximum absolute atomic E-state index is 14.3. The first-order chi connectivity index (χ1) is 25.0. The minimum atomic E-state index is -1.24. The number of primary amides is 1. The molecular weight excluding hydrogens is 688 g/mol. The summed E-state index contributed by atoms with van der Waals surface area (Å²) < 4.78 is 5.47. The Kier molecular flexibility index (Phi) is 15.5. The average molecular weight is 739 g/mol. The molecule has 0 radical (unpaired) electrons. The van der Waals surface area contributed by atoms with E-state index in [9.17, 15) is 29.1 Å². The number of likely N-dealkylation sites (N-methyl/N-ethyl adjacent to an activating group) is 1. The number of nitrogens with zero attached hydrogens (tertiary/aromatic N) is 2. The van der Waals surface area contributed by atoms with Crippen LogP contribution in [-0.4, -0.2) is 106 Å². The number of nitrogens with two attached hydrogens (primary N) is 1. The summed E-state index contributed by atoms with van der Waals surface area (Å²) in [6, 6.07) is 13.6. The number of aliphatic hydroxyl groups excluding tert-OH is 1. The van der Waals surface area contributed by atoms with Gasteiger partial charge in [0.2, 0.25) is 17.7 Å². The van der Waals surface area contributed by atoms with Crippen molar-refractivity contribution in [3.63, 3.8) is 0 Å². The van der Waals surface area contributed by atoms with Gasteiger partial charge in [0.15, 0.2) is 12.1 Å². The molecule has 1 aromatic heterocycles. The molecule has 282 valence electrons. The normalized spacial score (nSPS) is 16.8. The number of para-hydroxylation sites is 1. The number of amides is 5. The minimum Gasteiger partial charge on any atom is -0.368 e. The van der Waals surface area contributed by atoms with Crippen LogP contribution in [0.1, 0.15) is 56.6 Å². The van der Waals surface area contributed by atoms with E-state index in [4.69, 9.17) is 22.1 Å². The van der Waals surface area contributed by atoms with Crippen LogP contribution in [-0.2, 0) is 36.8 Å². The Morgan fingerprint density at radius 1 is 1.08 bits per heavy atom. The Morgan fingerprint density at radius 2 is 1.81 bits per heavy atom. The quantitative estimate of drug-likeness (QED) is 0.0709. The van der Waals surface area contributed by atoms with Crippen LogP contribution in [0.3, 0.4) is 0 Å². The van der Waals surface area contributed by atoms with E-state index in [-0.39, 0.29) is 50.0 Å². The number of H-pyrrole nitrogens is 1. The Hall–Kier alpha value is -4.46. The van der Waals surface area contributed by atoms with Gasteiger partial charge in [0.1, 0.15) is 18.0 Å². The highest BCUT2D eigenvalue weighted by Crippen LogP contribution is 2.25. The first kappa shape index (κ1) is 40.3. The third kappa shape index (κ3) is 11.0. The van der Waals surface area contributed by atoms with Gasteiger partial charge >= 0.3 is 6.03 Å². The molecule has 0 bridgehead atoms. The van der Waals surface area contributed by atoms with Crippen molar-refractivity contribution in [2.75, 3.05) is 32.6 Å². The maximum atomic E-state index is 14.3. The number of aromatic nitrogens is 1. The largest absolute Gasteiger partial charge is 0.368 e. The second kappa shape index (κ2) is 20.0. The van der Waals surface area contributed by atoms with Gasteiger partial charge in [-0.2, -0.15) is 0 Å². The number of aliphatic hydroxyl groups is 1. The summed E-state index contributed by atoms with van der Waals surface area (Å²) in [5.41, 5.74) is 7.75. The third-order valence-electron chi connectivity index (χ3n) is 9.68. The molecule has 2 heterocycles. The lowest BCUT2D eigenvalue weighted by molar-refractivity contribution is -0.150. The molecule has 5 amide bonds. The molecule has 0 unspecified atom stereocenters. The number of alkyl halides is 1. The fourth-order valence-electron chi connectivity index (χ4n) is 6.82. The number of Topliss-reactive ketones (excluding diaryl/α,β-unsaturated/α-hetero) is 1. The minimum absolute atomic E-state index is 0.108. The van der Waals surface area contributed by atoms with Crippen LogP contribution in [0.15, 0.2) is 60.8 Å². The number of likely N-dealkylation sites (tertiary alicyclic amines) is 1. The molecule has 0 aliphatic carbocycles. The molecule has 13 nitrogen and oxygen atoms in total. The van der Waals surface area contributed by atoms with Gasteiger partial charge in [-0.25, -0.2) is 4.79 Å². The Morgan fingerprint density at radius 3 is 2.52 bits per heavy atom. The van der Waals surface area contributed by atoms with Gasteiger partial charge < -0.3 is 41.0 Å². The molecule has 4 rings (SSSR count). The van der Waals surface area contributed by atoms with E-state index in [0.717, 1.165) is 22.0 Å². The molecule has 1 saturated heterocycles. The highest BCUT2D eigenvalue weighted by atomic mass is 35.5. The van der Waals surface area contributed by atoms with Crippen molar-refractivity contribution in [3.8, 4) is 0 Å². The van der Waals surface area contributed by atoms with Crippen LogP contribution >= 0.6 is 11.6 Å². The number of piperidine rings is 1.